The minimum absolute atomic E-state index is 0.0364. The van der Waals surface area contributed by atoms with Crippen LogP contribution in [0.15, 0.2) is 71.7 Å². The summed E-state index contributed by atoms with van der Waals surface area (Å²) in [4.78, 5) is 21.5. The number of aromatic hydroxyl groups is 1. The van der Waals surface area contributed by atoms with Crippen molar-refractivity contribution < 1.29 is 5.11 Å². The summed E-state index contributed by atoms with van der Waals surface area (Å²) in [7, 11) is 0. The third-order valence-electron chi connectivity index (χ3n) is 4.72. The largest absolute Gasteiger partial charge is 0.508 e. The van der Waals surface area contributed by atoms with Crippen molar-refractivity contribution >= 4 is 28.6 Å². The third kappa shape index (κ3) is 4.22. The van der Waals surface area contributed by atoms with E-state index in [4.69, 9.17) is 11.6 Å². The molecule has 1 atom stereocenters. The van der Waals surface area contributed by atoms with E-state index in [1.807, 2.05) is 31.2 Å². The zero-order valence-electron chi connectivity index (χ0n) is 15.7. The number of halogens is 1. The van der Waals surface area contributed by atoms with Gasteiger partial charge in [-0.2, -0.15) is 4.98 Å². The Labute approximate surface area is 172 Å². The van der Waals surface area contributed by atoms with Gasteiger partial charge in [-0.15, -0.1) is 0 Å². The topological polar surface area (TPSA) is 80.0 Å². The van der Waals surface area contributed by atoms with Crippen LogP contribution >= 0.6 is 11.6 Å². The van der Waals surface area contributed by atoms with Gasteiger partial charge in [-0.05, 0) is 48.4 Å². The highest BCUT2D eigenvalue weighted by atomic mass is 35.5. The SMILES string of the molecule is C[C@H](Nc1ncc2ccc(=O)n(Cc3ccc(O)cc3)c2n1)c1ccc(Cl)cc1. The molecule has 0 unspecified atom stereocenters. The van der Waals surface area contributed by atoms with Gasteiger partial charge in [0.05, 0.1) is 12.6 Å². The molecule has 7 heteroatoms. The minimum atomic E-state index is -0.152. The number of rotatable bonds is 5. The molecule has 0 spiro atoms. The first kappa shape index (κ1) is 19.0. The van der Waals surface area contributed by atoms with E-state index in [1.54, 1.807) is 41.1 Å². The molecule has 4 aromatic rings. The van der Waals surface area contributed by atoms with Gasteiger partial charge >= 0.3 is 0 Å². The molecular weight excluding hydrogens is 388 g/mol. The fraction of sp³-hybridized carbons (Fsp3) is 0.136. The summed E-state index contributed by atoms with van der Waals surface area (Å²) >= 11 is 5.96. The molecule has 0 fully saturated rings. The Hall–Kier alpha value is -3.38. The summed E-state index contributed by atoms with van der Waals surface area (Å²) in [5.74, 6) is 0.619. The lowest BCUT2D eigenvalue weighted by molar-refractivity contribution is 0.475. The van der Waals surface area contributed by atoms with E-state index in [-0.39, 0.29) is 17.4 Å². The van der Waals surface area contributed by atoms with Gasteiger partial charge in [0.15, 0.2) is 0 Å². The summed E-state index contributed by atoms with van der Waals surface area (Å²) in [6.07, 6.45) is 1.70. The second-order valence-electron chi connectivity index (χ2n) is 6.81. The summed E-state index contributed by atoms with van der Waals surface area (Å²) in [6, 6.07) is 17.5. The van der Waals surface area contributed by atoms with Crippen molar-refractivity contribution in [3.63, 3.8) is 0 Å². The van der Waals surface area contributed by atoms with Crippen LogP contribution in [0.25, 0.3) is 11.0 Å². The first-order chi connectivity index (χ1) is 14.0. The number of hydrogen-bond donors (Lipinski definition) is 2. The summed E-state index contributed by atoms with van der Waals surface area (Å²) in [5.41, 5.74) is 2.33. The molecule has 6 nitrogen and oxygen atoms in total. The molecular formula is C22H19ClN4O2. The number of hydrogen-bond acceptors (Lipinski definition) is 5. The number of pyridine rings is 1. The third-order valence-corrected chi connectivity index (χ3v) is 4.97. The number of phenolic OH excluding ortho intramolecular Hbond substituents is 1. The fourth-order valence-electron chi connectivity index (χ4n) is 3.11. The van der Waals surface area contributed by atoms with E-state index in [2.05, 4.69) is 15.3 Å². The summed E-state index contributed by atoms with van der Waals surface area (Å²) in [5, 5.41) is 14.2. The van der Waals surface area contributed by atoms with Crippen molar-refractivity contribution in [3.8, 4) is 5.75 Å². The van der Waals surface area contributed by atoms with Crippen LogP contribution in [0.1, 0.15) is 24.1 Å². The van der Waals surface area contributed by atoms with E-state index < -0.39 is 0 Å². The lowest BCUT2D eigenvalue weighted by Gasteiger charge is -2.15. The van der Waals surface area contributed by atoms with Crippen LogP contribution in [0.5, 0.6) is 5.75 Å². The maximum Gasteiger partial charge on any atom is 0.252 e. The Bertz CT molecular complexity index is 1200. The molecule has 0 radical (unpaired) electrons. The van der Waals surface area contributed by atoms with Crippen molar-refractivity contribution in [2.45, 2.75) is 19.5 Å². The molecule has 0 aliphatic carbocycles. The molecule has 2 aromatic heterocycles. The quantitative estimate of drug-likeness (QED) is 0.514. The molecule has 0 aliphatic rings. The van der Waals surface area contributed by atoms with Gasteiger partial charge in [0.25, 0.3) is 5.56 Å². The molecule has 0 saturated heterocycles. The summed E-state index contributed by atoms with van der Waals surface area (Å²) < 4.78 is 1.60. The zero-order chi connectivity index (χ0) is 20.4. The van der Waals surface area contributed by atoms with E-state index >= 15 is 0 Å². The number of fused-ring (bicyclic) bond motifs is 1. The molecule has 0 amide bonds. The molecule has 2 aromatic carbocycles. The number of phenols is 1. The second-order valence-corrected chi connectivity index (χ2v) is 7.25. The monoisotopic (exact) mass is 406 g/mol. The number of nitrogens with zero attached hydrogens (tertiary/aromatic N) is 3. The second kappa shape index (κ2) is 7.93. The predicted octanol–water partition coefficient (Wildman–Crippen LogP) is 4.37. The van der Waals surface area contributed by atoms with Crippen molar-refractivity contribution in [3.05, 3.63) is 93.4 Å². The van der Waals surface area contributed by atoms with Gasteiger partial charge < -0.3 is 10.4 Å². The maximum atomic E-state index is 12.5. The number of benzene rings is 2. The molecule has 2 heterocycles. The van der Waals surface area contributed by atoms with Crippen LogP contribution in [0.3, 0.4) is 0 Å². The molecule has 4 rings (SSSR count). The van der Waals surface area contributed by atoms with Crippen molar-refractivity contribution in [2.75, 3.05) is 5.32 Å². The molecule has 0 aliphatic heterocycles. The van der Waals surface area contributed by atoms with Gasteiger partial charge in [0, 0.05) is 22.7 Å². The van der Waals surface area contributed by atoms with Gasteiger partial charge in [0.2, 0.25) is 5.95 Å². The zero-order valence-corrected chi connectivity index (χ0v) is 16.5. The Balaban J connectivity index is 1.67. The average Bonchev–Trinajstić information content (AvgIpc) is 2.72. The van der Waals surface area contributed by atoms with Gasteiger partial charge in [-0.1, -0.05) is 35.9 Å². The van der Waals surface area contributed by atoms with E-state index in [1.165, 1.54) is 6.07 Å². The fourth-order valence-corrected chi connectivity index (χ4v) is 3.23. The van der Waals surface area contributed by atoms with Crippen molar-refractivity contribution in [1.82, 2.24) is 14.5 Å². The van der Waals surface area contributed by atoms with Gasteiger partial charge in [-0.3, -0.25) is 9.36 Å². The lowest BCUT2D eigenvalue weighted by Crippen LogP contribution is -2.21. The molecule has 0 saturated carbocycles. The molecule has 29 heavy (non-hydrogen) atoms. The minimum Gasteiger partial charge on any atom is -0.508 e. The van der Waals surface area contributed by atoms with E-state index in [9.17, 15) is 9.90 Å². The highest BCUT2D eigenvalue weighted by molar-refractivity contribution is 6.30. The predicted molar refractivity (Wildman–Crippen MR) is 114 cm³/mol. The molecule has 2 N–H and O–H groups in total. The Morgan fingerprint density at radius 1 is 1.07 bits per heavy atom. The standard InChI is InChI=1S/C22H19ClN4O2/c1-14(16-4-7-18(23)8-5-16)25-22-24-12-17-6-11-20(29)27(21(17)26-22)13-15-2-9-19(28)10-3-15/h2-12,14,28H,13H2,1H3,(H,24,25,26)/t14-/m0/s1. The van der Waals surface area contributed by atoms with Crippen LogP contribution in [0, 0.1) is 0 Å². The normalized spacial score (nSPS) is 12.1. The van der Waals surface area contributed by atoms with Crippen LogP contribution in [-0.4, -0.2) is 19.6 Å². The first-order valence-electron chi connectivity index (χ1n) is 9.16. The number of aromatic nitrogens is 3. The smallest absolute Gasteiger partial charge is 0.252 e. The van der Waals surface area contributed by atoms with Gasteiger partial charge in [0.1, 0.15) is 11.4 Å². The lowest BCUT2D eigenvalue weighted by atomic mass is 10.1. The highest BCUT2D eigenvalue weighted by Crippen LogP contribution is 2.20. The number of anilines is 1. The van der Waals surface area contributed by atoms with E-state index in [0.717, 1.165) is 16.5 Å². The van der Waals surface area contributed by atoms with Crippen LogP contribution < -0.4 is 10.9 Å². The van der Waals surface area contributed by atoms with Gasteiger partial charge in [-0.25, -0.2) is 4.98 Å². The number of nitrogens with one attached hydrogen (secondary N) is 1. The maximum absolute atomic E-state index is 12.5. The Morgan fingerprint density at radius 3 is 2.52 bits per heavy atom. The highest BCUT2D eigenvalue weighted by Gasteiger charge is 2.11. The Kier molecular flexibility index (Phi) is 5.18. The van der Waals surface area contributed by atoms with E-state index in [0.29, 0.717) is 23.2 Å². The Morgan fingerprint density at radius 2 is 1.79 bits per heavy atom. The molecule has 0 bridgehead atoms. The first-order valence-corrected chi connectivity index (χ1v) is 9.54. The average molecular weight is 407 g/mol. The molecule has 146 valence electrons. The van der Waals surface area contributed by atoms with Crippen molar-refractivity contribution in [2.24, 2.45) is 0 Å². The van der Waals surface area contributed by atoms with Crippen LogP contribution in [0.4, 0.5) is 5.95 Å². The van der Waals surface area contributed by atoms with Crippen molar-refractivity contribution in [1.29, 1.82) is 0 Å². The van der Waals surface area contributed by atoms with Crippen LogP contribution in [0.2, 0.25) is 5.02 Å². The summed E-state index contributed by atoms with van der Waals surface area (Å²) in [6.45, 7) is 2.35. The van der Waals surface area contributed by atoms with Crippen LogP contribution in [-0.2, 0) is 6.54 Å².